The first-order valence-corrected chi connectivity index (χ1v) is 7.61. The summed E-state index contributed by atoms with van der Waals surface area (Å²) >= 11 is 0. The summed E-state index contributed by atoms with van der Waals surface area (Å²) in [7, 11) is 4.13. The monoisotopic (exact) mass is 309 g/mol. The van der Waals surface area contributed by atoms with Gasteiger partial charge in [-0.3, -0.25) is 0 Å². The molecule has 1 saturated carbocycles. The number of nitrogens with zero attached hydrogens (tertiary/aromatic N) is 1. The number of nitrogens with one attached hydrogen (secondary N) is 2. The van der Waals surface area contributed by atoms with Crippen LogP contribution < -0.4 is 15.4 Å². The third-order valence-electron chi connectivity index (χ3n) is 3.91. The van der Waals surface area contributed by atoms with Crippen molar-refractivity contribution in [1.29, 1.82) is 0 Å². The molecule has 0 radical (unpaired) electrons. The summed E-state index contributed by atoms with van der Waals surface area (Å²) in [5.41, 5.74) is 0.635. The third kappa shape index (κ3) is 4.87. The van der Waals surface area contributed by atoms with Crippen molar-refractivity contribution in [2.24, 2.45) is 0 Å². The highest BCUT2D eigenvalue weighted by Crippen LogP contribution is 2.23. The number of ether oxygens (including phenoxy) is 1. The molecular weight excluding hydrogens is 285 g/mol. The van der Waals surface area contributed by atoms with Crippen molar-refractivity contribution in [3.63, 3.8) is 0 Å². The van der Waals surface area contributed by atoms with Crippen LogP contribution in [-0.4, -0.2) is 50.4 Å². The van der Waals surface area contributed by atoms with Crippen LogP contribution in [0.2, 0.25) is 0 Å². The maximum Gasteiger partial charge on any atom is 0.319 e. The maximum atomic E-state index is 12.1. The highest BCUT2D eigenvalue weighted by atomic mass is 19.1. The number of anilines is 1. The number of rotatable bonds is 6. The van der Waals surface area contributed by atoms with Crippen molar-refractivity contribution in [2.45, 2.75) is 31.3 Å². The van der Waals surface area contributed by atoms with Gasteiger partial charge in [0.2, 0.25) is 0 Å². The molecule has 22 heavy (non-hydrogen) atoms. The van der Waals surface area contributed by atoms with Gasteiger partial charge in [0.1, 0.15) is 19.0 Å². The van der Waals surface area contributed by atoms with E-state index in [0.29, 0.717) is 17.5 Å². The Hall–Kier alpha value is -1.82. The number of urea groups is 1. The molecule has 1 aliphatic carbocycles. The van der Waals surface area contributed by atoms with Crippen molar-refractivity contribution in [1.82, 2.24) is 10.2 Å². The minimum absolute atomic E-state index is 0.0175. The lowest BCUT2D eigenvalue weighted by molar-refractivity contribution is 0.247. The molecule has 1 aromatic rings. The number of halogens is 1. The molecule has 0 heterocycles. The Kier molecular flexibility index (Phi) is 6.00. The molecule has 0 saturated heterocycles. The molecule has 0 unspecified atom stereocenters. The van der Waals surface area contributed by atoms with Crippen molar-refractivity contribution in [2.75, 3.05) is 32.7 Å². The largest absolute Gasteiger partial charge is 0.491 e. The molecule has 2 atom stereocenters. The fourth-order valence-electron chi connectivity index (χ4n) is 2.73. The Balaban J connectivity index is 1.82. The van der Waals surface area contributed by atoms with Crippen LogP contribution in [0.4, 0.5) is 14.9 Å². The second-order valence-electron chi connectivity index (χ2n) is 5.79. The van der Waals surface area contributed by atoms with Gasteiger partial charge in [-0.2, -0.15) is 0 Å². The topological polar surface area (TPSA) is 53.6 Å². The molecule has 1 fully saturated rings. The lowest BCUT2D eigenvalue weighted by Gasteiger charge is -2.19. The molecule has 2 amide bonds. The van der Waals surface area contributed by atoms with Crippen LogP contribution in [0.5, 0.6) is 5.75 Å². The summed E-state index contributed by atoms with van der Waals surface area (Å²) in [5.74, 6) is 0.545. The molecule has 6 heteroatoms. The summed E-state index contributed by atoms with van der Waals surface area (Å²) in [6.07, 6.45) is 3.07. The number of hydrogen-bond acceptors (Lipinski definition) is 3. The fourth-order valence-corrected chi connectivity index (χ4v) is 2.73. The van der Waals surface area contributed by atoms with E-state index in [1.807, 2.05) is 0 Å². The van der Waals surface area contributed by atoms with Gasteiger partial charge in [0.05, 0.1) is 0 Å². The zero-order chi connectivity index (χ0) is 15.9. The summed E-state index contributed by atoms with van der Waals surface area (Å²) in [6.45, 7) is -0.517. The van der Waals surface area contributed by atoms with Crippen molar-refractivity contribution in [3.05, 3.63) is 24.3 Å². The van der Waals surface area contributed by atoms with Gasteiger partial charge in [-0.15, -0.1) is 0 Å². The number of carbonyl (C=O) groups is 1. The molecule has 0 aromatic heterocycles. The molecule has 5 nitrogen and oxygen atoms in total. The average Bonchev–Trinajstić information content (AvgIpc) is 2.94. The first-order chi connectivity index (χ1) is 10.6. The predicted octanol–water partition coefficient (Wildman–Crippen LogP) is 2.64. The summed E-state index contributed by atoms with van der Waals surface area (Å²) in [4.78, 5) is 14.2. The lowest BCUT2D eigenvalue weighted by Crippen LogP contribution is -2.37. The van der Waals surface area contributed by atoms with E-state index in [9.17, 15) is 9.18 Å². The zero-order valence-electron chi connectivity index (χ0n) is 13.1. The van der Waals surface area contributed by atoms with E-state index < -0.39 is 6.67 Å². The quantitative estimate of drug-likeness (QED) is 0.849. The van der Waals surface area contributed by atoms with Crippen LogP contribution in [0.1, 0.15) is 19.3 Å². The van der Waals surface area contributed by atoms with Gasteiger partial charge in [0.15, 0.2) is 0 Å². The minimum Gasteiger partial charge on any atom is -0.491 e. The van der Waals surface area contributed by atoms with E-state index in [4.69, 9.17) is 4.74 Å². The molecule has 1 aromatic carbocycles. The maximum absolute atomic E-state index is 12.1. The molecular formula is C16H24FN3O2. The second-order valence-corrected chi connectivity index (χ2v) is 5.79. The molecule has 0 bridgehead atoms. The Labute approximate surface area is 130 Å². The van der Waals surface area contributed by atoms with E-state index in [0.717, 1.165) is 19.3 Å². The number of hydrogen-bond donors (Lipinski definition) is 2. The fraction of sp³-hybridized carbons (Fsp3) is 0.562. The van der Waals surface area contributed by atoms with Gasteiger partial charge < -0.3 is 20.3 Å². The van der Waals surface area contributed by atoms with E-state index >= 15 is 0 Å². The predicted molar refractivity (Wildman–Crippen MR) is 85.2 cm³/mol. The number of carbonyl (C=O) groups excluding carboxylic acids is 1. The van der Waals surface area contributed by atoms with Gasteiger partial charge in [-0.25, -0.2) is 9.18 Å². The molecule has 2 rings (SSSR count). The van der Waals surface area contributed by atoms with Crippen LogP contribution in [0.25, 0.3) is 0 Å². The van der Waals surface area contributed by atoms with Gasteiger partial charge in [0, 0.05) is 23.8 Å². The van der Waals surface area contributed by atoms with Gasteiger partial charge in [-0.1, -0.05) is 6.07 Å². The van der Waals surface area contributed by atoms with Gasteiger partial charge in [0.25, 0.3) is 0 Å². The molecule has 1 aliphatic rings. The number of benzene rings is 1. The van der Waals surface area contributed by atoms with E-state index in [2.05, 4.69) is 29.6 Å². The van der Waals surface area contributed by atoms with Crippen LogP contribution in [0.15, 0.2) is 24.3 Å². The van der Waals surface area contributed by atoms with E-state index in [1.165, 1.54) is 0 Å². The average molecular weight is 309 g/mol. The Bertz CT molecular complexity index is 496. The summed E-state index contributed by atoms with van der Waals surface area (Å²) in [6, 6.07) is 7.48. The van der Waals surface area contributed by atoms with Crippen LogP contribution in [0.3, 0.4) is 0 Å². The highest BCUT2D eigenvalue weighted by Gasteiger charge is 2.26. The lowest BCUT2D eigenvalue weighted by atomic mass is 10.2. The van der Waals surface area contributed by atoms with Crippen molar-refractivity contribution >= 4 is 11.7 Å². The Morgan fingerprint density at radius 1 is 1.41 bits per heavy atom. The van der Waals surface area contributed by atoms with Gasteiger partial charge in [-0.05, 0) is 45.5 Å². The van der Waals surface area contributed by atoms with E-state index in [1.54, 1.807) is 24.3 Å². The standard InChI is InChI=1S/C16H24FN3O2/c1-20(2)14-7-6-13(10-14)19-16(21)18-12-4-3-5-15(11-12)22-9-8-17/h3-5,11,13-14H,6-10H2,1-2H3,(H2,18,19,21)/t13-,14-/m0/s1. The molecule has 2 N–H and O–H groups in total. The normalized spacial score (nSPS) is 20.9. The molecule has 0 aliphatic heterocycles. The first kappa shape index (κ1) is 16.5. The number of alkyl halides is 1. The van der Waals surface area contributed by atoms with Crippen LogP contribution in [0, 0.1) is 0 Å². The van der Waals surface area contributed by atoms with Crippen molar-refractivity contribution in [3.8, 4) is 5.75 Å². The van der Waals surface area contributed by atoms with E-state index in [-0.39, 0.29) is 18.7 Å². The number of amides is 2. The summed E-state index contributed by atoms with van der Waals surface area (Å²) in [5, 5.41) is 5.79. The second kappa shape index (κ2) is 7.98. The Morgan fingerprint density at radius 3 is 2.91 bits per heavy atom. The SMILES string of the molecule is CN(C)[C@H]1CC[C@H](NC(=O)Nc2cccc(OCCF)c2)C1. The highest BCUT2D eigenvalue weighted by molar-refractivity contribution is 5.89. The summed E-state index contributed by atoms with van der Waals surface area (Å²) < 4.78 is 17.3. The van der Waals surface area contributed by atoms with Crippen LogP contribution >= 0.6 is 0 Å². The van der Waals surface area contributed by atoms with Crippen molar-refractivity contribution < 1.29 is 13.9 Å². The third-order valence-corrected chi connectivity index (χ3v) is 3.91. The zero-order valence-corrected chi connectivity index (χ0v) is 13.1. The van der Waals surface area contributed by atoms with Crippen LogP contribution in [-0.2, 0) is 0 Å². The Morgan fingerprint density at radius 2 is 2.23 bits per heavy atom. The first-order valence-electron chi connectivity index (χ1n) is 7.61. The molecule has 0 spiro atoms. The minimum atomic E-state index is -0.535. The molecule has 122 valence electrons. The smallest absolute Gasteiger partial charge is 0.319 e. The van der Waals surface area contributed by atoms with Gasteiger partial charge >= 0.3 is 6.03 Å².